The Bertz CT molecular complexity index is 1640. The van der Waals surface area contributed by atoms with Crippen LogP contribution >= 0.6 is 11.6 Å². The highest BCUT2D eigenvalue weighted by atomic mass is 35.5. The molecule has 2 fully saturated rings. The summed E-state index contributed by atoms with van der Waals surface area (Å²) in [5, 5.41) is 6.49. The minimum absolute atomic E-state index is 0.250. The quantitative estimate of drug-likeness (QED) is 0.452. The van der Waals surface area contributed by atoms with Crippen molar-refractivity contribution in [3.8, 4) is 11.5 Å². The van der Waals surface area contributed by atoms with E-state index in [0.717, 1.165) is 12.0 Å². The molecule has 0 aliphatic carbocycles. The first-order valence-electron chi connectivity index (χ1n) is 13.4. The van der Waals surface area contributed by atoms with Crippen molar-refractivity contribution in [1.82, 2.24) is 4.90 Å². The van der Waals surface area contributed by atoms with Gasteiger partial charge in [-0.25, -0.2) is 0 Å². The number of nitrogens with one attached hydrogen (secondary N) is 2. The molecular formula is C31H28ClN3O5. The van der Waals surface area contributed by atoms with Gasteiger partial charge in [0.15, 0.2) is 5.78 Å². The standard InChI is InChI=1S/C31H28ClN3O5/c1-16-13-20-26(21(32)14-16)34-29(38)31(20)30(19-7-4-5-8-22(19)33-28(30)37)25(23-9-6-12-35(23)31)27(36)18-11-10-17(39-2)15-24(18)40-3/h4-5,7-8,10-11,13-15,23,25H,6,9,12H2,1-3H3,(H,33,37)(H,34,38)/t23-,25-,30+,31+/m0/s1. The van der Waals surface area contributed by atoms with Crippen molar-refractivity contribution in [1.29, 1.82) is 0 Å². The van der Waals surface area contributed by atoms with Gasteiger partial charge in [0.2, 0.25) is 5.91 Å². The highest BCUT2D eigenvalue weighted by molar-refractivity contribution is 6.35. The van der Waals surface area contributed by atoms with Gasteiger partial charge in [-0.3, -0.25) is 19.3 Å². The van der Waals surface area contributed by atoms with Gasteiger partial charge in [0.25, 0.3) is 5.91 Å². The van der Waals surface area contributed by atoms with E-state index >= 15 is 0 Å². The lowest BCUT2D eigenvalue weighted by molar-refractivity contribution is -0.137. The minimum Gasteiger partial charge on any atom is -0.497 e. The van der Waals surface area contributed by atoms with Gasteiger partial charge in [-0.1, -0.05) is 35.9 Å². The molecule has 2 saturated heterocycles. The molecule has 40 heavy (non-hydrogen) atoms. The van der Waals surface area contributed by atoms with Crippen molar-refractivity contribution in [2.75, 3.05) is 31.4 Å². The Hall–Kier alpha value is -3.88. The van der Waals surface area contributed by atoms with Crippen molar-refractivity contribution in [3.63, 3.8) is 0 Å². The van der Waals surface area contributed by atoms with Gasteiger partial charge in [-0.2, -0.15) is 0 Å². The number of Topliss-reactive ketones (excluding diaryl/α,β-unsaturated/α-hetero) is 1. The largest absolute Gasteiger partial charge is 0.497 e. The van der Waals surface area contributed by atoms with Crippen LogP contribution in [0.3, 0.4) is 0 Å². The average Bonchev–Trinajstić information content (AvgIpc) is 3.67. The summed E-state index contributed by atoms with van der Waals surface area (Å²) in [7, 11) is 3.05. The number of fused-ring (bicyclic) bond motifs is 7. The number of nitrogens with zero attached hydrogens (tertiary/aromatic N) is 1. The van der Waals surface area contributed by atoms with Gasteiger partial charge in [-0.15, -0.1) is 0 Å². The molecule has 7 rings (SSSR count). The lowest BCUT2D eigenvalue weighted by atomic mass is 9.57. The van der Waals surface area contributed by atoms with E-state index in [0.29, 0.717) is 57.6 Å². The fourth-order valence-corrected chi connectivity index (χ4v) is 8.26. The third-order valence-electron chi connectivity index (χ3n) is 9.26. The van der Waals surface area contributed by atoms with E-state index in [4.69, 9.17) is 21.1 Å². The summed E-state index contributed by atoms with van der Waals surface area (Å²) in [4.78, 5) is 46.2. The third-order valence-corrected chi connectivity index (χ3v) is 9.56. The Morgan fingerprint density at radius 2 is 1.80 bits per heavy atom. The molecule has 9 heteroatoms. The highest BCUT2D eigenvalue weighted by Gasteiger charge is 2.81. The molecule has 0 aromatic heterocycles. The summed E-state index contributed by atoms with van der Waals surface area (Å²) in [6.07, 6.45) is 1.45. The third kappa shape index (κ3) is 2.82. The normalized spacial score (nSPS) is 27.9. The molecule has 4 aliphatic heterocycles. The number of anilines is 2. The second-order valence-electron chi connectivity index (χ2n) is 11.0. The van der Waals surface area contributed by atoms with Crippen molar-refractivity contribution < 1.29 is 23.9 Å². The van der Waals surface area contributed by atoms with Crippen molar-refractivity contribution in [2.45, 2.75) is 36.8 Å². The summed E-state index contributed by atoms with van der Waals surface area (Å²) in [5.41, 5.74) is 0.554. The molecule has 3 aromatic carbocycles. The highest BCUT2D eigenvalue weighted by Crippen LogP contribution is 2.68. The molecule has 2 amide bonds. The number of hydrogen-bond donors (Lipinski definition) is 2. The first-order valence-corrected chi connectivity index (χ1v) is 13.7. The Balaban J connectivity index is 1.58. The van der Waals surface area contributed by atoms with Crippen LogP contribution in [0.5, 0.6) is 11.5 Å². The molecule has 0 saturated carbocycles. The number of carbonyl (C=O) groups is 3. The number of para-hydroxylation sites is 1. The summed E-state index contributed by atoms with van der Waals surface area (Å²) in [6, 6.07) is 15.8. The van der Waals surface area contributed by atoms with Crippen LogP contribution in [0.4, 0.5) is 11.4 Å². The Kier molecular flexibility index (Phi) is 5.37. The zero-order valence-corrected chi connectivity index (χ0v) is 23.1. The van der Waals surface area contributed by atoms with Gasteiger partial charge < -0.3 is 20.1 Å². The minimum atomic E-state index is -1.55. The molecule has 2 spiro atoms. The zero-order valence-electron chi connectivity index (χ0n) is 22.3. The smallest absolute Gasteiger partial charge is 0.251 e. The molecule has 0 unspecified atom stereocenters. The van der Waals surface area contributed by atoms with Gasteiger partial charge in [0.1, 0.15) is 22.5 Å². The fourth-order valence-electron chi connectivity index (χ4n) is 7.94. The molecule has 3 aromatic rings. The van der Waals surface area contributed by atoms with Crippen molar-refractivity contribution in [2.24, 2.45) is 5.92 Å². The van der Waals surface area contributed by atoms with Crippen LogP contribution in [-0.2, 0) is 20.5 Å². The SMILES string of the molecule is COc1ccc(C(=O)[C@@H]2[C@@H]3CCCN3[C@]3(C(=O)Nc4c(Cl)cc(C)cc43)[C@@]23C(=O)Nc2ccccc23)c(OC)c1. The van der Waals surface area contributed by atoms with Crippen molar-refractivity contribution in [3.05, 3.63) is 81.9 Å². The second kappa shape index (κ2) is 8.56. The number of halogens is 1. The van der Waals surface area contributed by atoms with E-state index in [2.05, 4.69) is 15.5 Å². The van der Waals surface area contributed by atoms with Crippen LogP contribution in [0.25, 0.3) is 0 Å². The van der Waals surface area contributed by atoms with Crippen LogP contribution in [0.15, 0.2) is 54.6 Å². The Labute approximate surface area is 236 Å². The van der Waals surface area contributed by atoms with E-state index in [9.17, 15) is 14.4 Å². The predicted octanol–water partition coefficient (Wildman–Crippen LogP) is 4.68. The lowest BCUT2D eigenvalue weighted by Crippen LogP contribution is -2.62. The van der Waals surface area contributed by atoms with Crippen LogP contribution in [-0.4, -0.2) is 49.3 Å². The van der Waals surface area contributed by atoms with Crippen LogP contribution in [0.1, 0.15) is 39.9 Å². The average molecular weight is 558 g/mol. The second-order valence-corrected chi connectivity index (χ2v) is 11.4. The summed E-state index contributed by atoms with van der Waals surface area (Å²) >= 11 is 6.71. The van der Waals surface area contributed by atoms with Gasteiger partial charge in [-0.05, 0) is 61.7 Å². The number of benzene rings is 3. The molecular weight excluding hydrogens is 530 g/mol. The van der Waals surface area contributed by atoms with E-state index in [1.54, 1.807) is 31.4 Å². The fraction of sp³-hybridized carbons (Fsp3) is 0.323. The summed E-state index contributed by atoms with van der Waals surface area (Å²) in [6.45, 7) is 2.48. The number of methoxy groups -OCH3 is 2. The monoisotopic (exact) mass is 557 g/mol. The van der Waals surface area contributed by atoms with Crippen LogP contribution in [0.2, 0.25) is 5.02 Å². The number of hydrogen-bond acceptors (Lipinski definition) is 6. The van der Waals surface area contributed by atoms with Gasteiger partial charge in [0, 0.05) is 23.4 Å². The molecule has 4 atom stereocenters. The lowest BCUT2D eigenvalue weighted by Gasteiger charge is -2.43. The molecule has 8 nitrogen and oxygen atoms in total. The number of ketones is 1. The van der Waals surface area contributed by atoms with Crippen molar-refractivity contribution >= 4 is 40.6 Å². The summed E-state index contributed by atoms with van der Waals surface area (Å²) < 4.78 is 11.0. The number of amides is 2. The molecule has 204 valence electrons. The van der Waals surface area contributed by atoms with Gasteiger partial charge >= 0.3 is 0 Å². The number of carbonyl (C=O) groups excluding carboxylic acids is 3. The molecule has 4 aliphatic rings. The maximum atomic E-state index is 14.9. The van der Waals surface area contributed by atoms with Crippen LogP contribution < -0.4 is 20.1 Å². The predicted molar refractivity (Wildman–Crippen MR) is 150 cm³/mol. The maximum Gasteiger partial charge on any atom is 0.251 e. The van der Waals surface area contributed by atoms with Gasteiger partial charge in [0.05, 0.1) is 36.4 Å². The Morgan fingerprint density at radius 1 is 1.00 bits per heavy atom. The molecule has 4 heterocycles. The molecule has 0 bridgehead atoms. The van der Waals surface area contributed by atoms with E-state index in [1.807, 2.05) is 37.3 Å². The number of aryl methyl sites for hydroxylation is 1. The number of rotatable bonds is 4. The van der Waals surface area contributed by atoms with E-state index in [1.165, 1.54) is 7.11 Å². The Morgan fingerprint density at radius 3 is 2.58 bits per heavy atom. The first-order chi connectivity index (χ1) is 19.3. The summed E-state index contributed by atoms with van der Waals surface area (Å²) in [5.74, 6) is -0.934. The topological polar surface area (TPSA) is 97.0 Å². The number of ether oxygens (including phenoxy) is 2. The molecule has 2 N–H and O–H groups in total. The van der Waals surface area contributed by atoms with E-state index in [-0.39, 0.29) is 23.6 Å². The zero-order chi connectivity index (χ0) is 28.0. The maximum absolute atomic E-state index is 14.9. The van der Waals surface area contributed by atoms with Crippen LogP contribution in [0, 0.1) is 12.8 Å². The molecule has 0 radical (unpaired) electrons. The first kappa shape index (κ1) is 25.1. The van der Waals surface area contributed by atoms with E-state index < -0.39 is 16.9 Å².